The van der Waals surface area contributed by atoms with E-state index in [4.69, 9.17) is 5.11 Å². The Balaban J connectivity index is 2.14. The number of anilines is 1. The number of nitrogens with zero attached hydrogens (tertiary/aromatic N) is 1. The SMILES string of the molecule is CC(=O)c1cccc(N2CCC(O)(CC(=O)O)C2)c1. The molecule has 1 unspecified atom stereocenters. The van der Waals surface area contributed by atoms with Gasteiger partial charge >= 0.3 is 5.97 Å². The summed E-state index contributed by atoms with van der Waals surface area (Å²) >= 11 is 0. The van der Waals surface area contributed by atoms with Gasteiger partial charge in [-0.3, -0.25) is 9.59 Å². The molecule has 1 saturated heterocycles. The van der Waals surface area contributed by atoms with E-state index in [1.54, 1.807) is 18.2 Å². The predicted octanol–water partition coefficient (Wildman–Crippen LogP) is 1.31. The molecule has 0 aliphatic carbocycles. The molecular formula is C14H17NO4. The number of aliphatic hydroxyl groups is 1. The minimum atomic E-state index is -1.18. The minimum Gasteiger partial charge on any atom is -0.481 e. The number of carboxylic acids is 1. The van der Waals surface area contributed by atoms with Gasteiger partial charge in [-0.2, -0.15) is 0 Å². The van der Waals surface area contributed by atoms with Gasteiger partial charge in [0.15, 0.2) is 5.78 Å². The lowest BCUT2D eigenvalue weighted by molar-refractivity contribution is -0.141. The van der Waals surface area contributed by atoms with Crippen LogP contribution in [0.1, 0.15) is 30.1 Å². The lowest BCUT2D eigenvalue weighted by atomic mass is 9.99. The molecule has 0 aromatic heterocycles. The Hall–Kier alpha value is -1.88. The summed E-state index contributed by atoms with van der Waals surface area (Å²) in [6, 6.07) is 7.17. The number of ketones is 1. The smallest absolute Gasteiger partial charge is 0.306 e. The fourth-order valence-electron chi connectivity index (χ4n) is 2.42. The van der Waals surface area contributed by atoms with E-state index >= 15 is 0 Å². The molecule has 1 heterocycles. The van der Waals surface area contributed by atoms with Crippen LogP contribution in [0.3, 0.4) is 0 Å². The Morgan fingerprint density at radius 2 is 2.16 bits per heavy atom. The number of β-amino-alcohol motifs (C(OH)–C–C–N with tert-alkyl or cyclic N) is 1. The van der Waals surface area contributed by atoms with Crippen LogP contribution in [0.25, 0.3) is 0 Å². The van der Waals surface area contributed by atoms with Gasteiger partial charge in [-0.25, -0.2) is 0 Å². The topological polar surface area (TPSA) is 77.8 Å². The lowest BCUT2D eigenvalue weighted by Gasteiger charge is -2.23. The summed E-state index contributed by atoms with van der Waals surface area (Å²) in [6.07, 6.45) is 0.166. The zero-order chi connectivity index (χ0) is 14.0. The van der Waals surface area contributed by atoms with Crippen molar-refractivity contribution in [2.24, 2.45) is 0 Å². The zero-order valence-corrected chi connectivity index (χ0v) is 10.8. The molecule has 102 valence electrons. The molecule has 1 atom stereocenters. The van der Waals surface area contributed by atoms with Crippen LogP contribution >= 0.6 is 0 Å². The molecule has 0 saturated carbocycles. The monoisotopic (exact) mass is 263 g/mol. The number of hydrogen-bond donors (Lipinski definition) is 2. The quantitative estimate of drug-likeness (QED) is 0.801. The van der Waals surface area contributed by atoms with E-state index in [9.17, 15) is 14.7 Å². The maximum atomic E-state index is 11.3. The molecule has 19 heavy (non-hydrogen) atoms. The number of carboxylic acid groups (broad SMARTS) is 1. The Bertz CT molecular complexity index is 514. The van der Waals surface area contributed by atoms with E-state index in [1.165, 1.54) is 6.92 Å². The third kappa shape index (κ3) is 3.12. The number of Topliss-reactive ketones (excluding diaryl/α,β-unsaturated/α-hetero) is 1. The third-order valence-corrected chi connectivity index (χ3v) is 3.43. The molecule has 2 rings (SSSR count). The number of aliphatic carboxylic acids is 1. The second kappa shape index (κ2) is 5.01. The maximum Gasteiger partial charge on any atom is 0.306 e. The highest BCUT2D eigenvalue weighted by Gasteiger charge is 2.38. The van der Waals surface area contributed by atoms with Crippen molar-refractivity contribution < 1.29 is 19.8 Å². The van der Waals surface area contributed by atoms with Gasteiger partial charge in [-0.05, 0) is 25.5 Å². The molecule has 1 aliphatic rings. The number of hydrogen-bond acceptors (Lipinski definition) is 4. The van der Waals surface area contributed by atoms with Gasteiger partial charge in [0.05, 0.1) is 12.0 Å². The van der Waals surface area contributed by atoms with Gasteiger partial charge in [-0.1, -0.05) is 12.1 Å². The van der Waals surface area contributed by atoms with Crippen molar-refractivity contribution in [3.05, 3.63) is 29.8 Å². The molecular weight excluding hydrogens is 246 g/mol. The molecule has 1 aromatic rings. The molecule has 0 spiro atoms. The first-order chi connectivity index (χ1) is 8.89. The Labute approximate surface area is 111 Å². The molecule has 0 bridgehead atoms. The Morgan fingerprint density at radius 1 is 1.42 bits per heavy atom. The van der Waals surface area contributed by atoms with Gasteiger partial charge in [0.25, 0.3) is 0 Å². The molecule has 0 radical (unpaired) electrons. The maximum absolute atomic E-state index is 11.3. The highest BCUT2D eigenvalue weighted by atomic mass is 16.4. The normalized spacial score (nSPS) is 22.5. The Morgan fingerprint density at radius 3 is 2.79 bits per heavy atom. The van der Waals surface area contributed by atoms with Crippen LogP contribution in [0.5, 0.6) is 0 Å². The van der Waals surface area contributed by atoms with E-state index in [2.05, 4.69) is 0 Å². The zero-order valence-electron chi connectivity index (χ0n) is 10.8. The van der Waals surface area contributed by atoms with Crippen LogP contribution in [0.4, 0.5) is 5.69 Å². The summed E-state index contributed by atoms with van der Waals surface area (Å²) in [5.74, 6) is -1.01. The summed E-state index contributed by atoms with van der Waals surface area (Å²) in [7, 11) is 0. The molecule has 1 aromatic carbocycles. The standard InChI is InChI=1S/C14H17NO4/c1-10(16)11-3-2-4-12(7-11)15-6-5-14(19,9-15)8-13(17)18/h2-4,7,19H,5-6,8-9H2,1H3,(H,17,18). The summed E-state index contributed by atoms with van der Waals surface area (Å²) in [5, 5.41) is 19.0. The molecule has 5 heteroatoms. The number of benzene rings is 1. The largest absolute Gasteiger partial charge is 0.481 e. The van der Waals surface area contributed by atoms with Crippen LogP contribution in [0, 0.1) is 0 Å². The van der Waals surface area contributed by atoms with Crippen molar-refractivity contribution in [3.63, 3.8) is 0 Å². The van der Waals surface area contributed by atoms with Gasteiger partial charge < -0.3 is 15.1 Å². The lowest BCUT2D eigenvalue weighted by Crippen LogP contribution is -2.35. The molecule has 1 fully saturated rings. The molecule has 0 amide bonds. The van der Waals surface area contributed by atoms with Crippen LogP contribution in [-0.2, 0) is 4.79 Å². The second-order valence-corrected chi connectivity index (χ2v) is 5.07. The number of carbonyl (C=O) groups is 2. The van der Waals surface area contributed by atoms with Gasteiger partial charge in [-0.15, -0.1) is 0 Å². The molecule has 5 nitrogen and oxygen atoms in total. The van der Waals surface area contributed by atoms with Crippen LogP contribution in [-0.4, -0.2) is 40.7 Å². The first-order valence-electron chi connectivity index (χ1n) is 6.20. The highest BCUT2D eigenvalue weighted by Crippen LogP contribution is 2.29. The summed E-state index contributed by atoms with van der Waals surface area (Å²) < 4.78 is 0. The van der Waals surface area contributed by atoms with Crippen LogP contribution in [0.15, 0.2) is 24.3 Å². The van der Waals surface area contributed by atoms with E-state index < -0.39 is 11.6 Å². The summed E-state index contributed by atoms with van der Waals surface area (Å²) in [5.41, 5.74) is 0.276. The second-order valence-electron chi connectivity index (χ2n) is 5.07. The van der Waals surface area contributed by atoms with Crippen molar-refractivity contribution in [1.29, 1.82) is 0 Å². The van der Waals surface area contributed by atoms with E-state index in [0.29, 0.717) is 18.5 Å². The summed E-state index contributed by atoms with van der Waals surface area (Å²) in [4.78, 5) is 24.0. The summed E-state index contributed by atoms with van der Waals surface area (Å²) in [6.45, 7) is 2.37. The van der Waals surface area contributed by atoms with E-state index in [1.807, 2.05) is 11.0 Å². The van der Waals surface area contributed by atoms with Crippen molar-refractivity contribution in [3.8, 4) is 0 Å². The third-order valence-electron chi connectivity index (χ3n) is 3.43. The van der Waals surface area contributed by atoms with Crippen molar-refractivity contribution in [2.75, 3.05) is 18.0 Å². The first-order valence-corrected chi connectivity index (χ1v) is 6.20. The van der Waals surface area contributed by atoms with Crippen molar-refractivity contribution >= 4 is 17.4 Å². The van der Waals surface area contributed by atoms with E-state index in [0.717, 1.165) is 5.69 Å². The molecule has 2 N–H and O–H groups in total. The first kappa shape index (κ1) is 13.5. The highest BCUT2D eigenvalue weighted by molar-refractivity contribution is 5.95. The number of rotatable bonds is 4. The predicted molar refractivity (Wildman–Crippen MR) is 70.5 cm³/mol. The van der Waals surface area contributed by atoms with E-state index in [-0.39, 0.29) is 18.7 Å². The van der Waals surface area contributed by atoms with Crippen molar-refractivity contribution in [1.82, 2.24) is 0 Å². The van der Waals surface area contributed by atoms with Crippen LogP contribution < -0.4 is 4.90 Å². The fourth-order valence-corrected chi connectivity index (χ4v) is 2.42. The Kier molecular flexibility index (Phi) is 3.57. The average Bonchev–Trinajstić information content (AvgIpc) is 2.70. The fraction of sp³-hybridized carbons (Fsp3) is 0.429. The van der Waals surface area contributed by atoms with Gasteiger partial charge in [0.1, 0.15) is 0 Å². The molecule has 1 aliphatic heterocycles. The average molecular weight is 263 g/mol. The minimum absolute atomic E-state index is 0.0122. The van der Waals surface area contributed by atoms with Crippen LogP contribution in [0.2, 0.25) is 0 Å². The van der Waals surface area contributed by atoms with Crippen molar-refractivity contribution in [2.45, 2.75) is 25.4 Å². The van der Waals surface area contributed by atoms with Gasteiger partial charge in [0.2, 0.25) is 0 Å². The number of carbonyl (C=O) groups excluding carboxylic acids is 1. The van der Waals surface area contributed by atoms with Gasteiger partial charge in [0, 0.05) is 24.3 Å².